The first-order valence-electron chi connectivity index (χ1n) is 9.39. The summed E-state index contributed by atoms with van der Waals surface area (Å²) in [4.78, 5) is 9.31. The summed E-state index contributed by atoms with van der Waals surface area (Å²) in [7, 11) is 1.69. The average molecular weight is 379 g/mol. The SMILES string of the molecule is COCCCN=C(NCCC1CCCO1)C(C#N)c1nc(C(C)C)cs1. The lowest BCUT2D eigenvalue weighted by molar-refractivity contribution is 0.105. The van der Waals surface area contributed by atoms with E-state index in [0.717, 1.165) is 49.5 Å². The minimum Gasteiger partial charge on any atom is -0.385 e. The van der Waals surface area contributed by atoms with Crippen molar-refractivity contribution in [2.24, 2.45) is 4.99 Å². The van der Waals surface area contributed by atoms with Crippen molar-refractivity contribution < 1.29 is 9.47 Å². The predicted molar refractivity (Wildman–Crippen MR) is 105 cm³/mol. The van der Waals surface area contributed by atoms with Gasteiger partial charge in [-0.1, -0.05) is 13.8 Å². The van der Waals surface area contributed by atoms with Gasteiger partial charge < -0.3 is 14.8 Å². The zero-order chi connectivity index (χ0) is 18.8. The van der Waals surface area contributed by atoms with Crippen LogP contribution < -0.4 is 5.32 Å². The van der Waals surface area contributed by atoms with E-state index in [9.17, 15) is 5.26 Å². The van der Waals surface area contributed by atoms with Crippen LogP contribution >= 0.6 is 11.3 Å². The zero-order valence-electron chi connectivity index (χ0n) is 16.0. The predicted octanol–water partition coefficient (Wildman–Crippen LogP) is 3.47. The molecular weight excluding hydrogens is 348 g/mol. The molecule has 1 aliphatic heterocycles. The van der Waals surface area contributed by atoms with E-state index in [4.69, 9.17) is 9.47 Å². The first-order chi connectivity index (χ1) is 12.7. The molecule has 1 fully saturated rings. The molecule has 0 spiro atoms. The van der Waals surface area contributed by atoms with Crippen molar-refractivity contribution in [2.75, 3.05) is 33.4 Å². The van der Waals surface area contributed by atoms with Gasteiger partial charge in [0.2, 0.25) is 0 Å². The largest absolute Gasteiger partial charge is 0.385 e. The second-order valence-corrected chi connectivity index (χ2v) is 7.68. The summed E-state index contributed by atoms with van der Waals surface area (Å²) in [6.45, 7) is 7.14. The molecule has 6 nitrogen and oxygen atoms in total. The maximum Gasteiger partial charge on any atom is 0.155 e. The van der Waals surface area contributed by atoms with E-state index >= 15 is 0 Å². The number of methoxy groups -OCH3 is 1. The van der Waals surface area contributed by atoms with Gasteiger partial charge in [0.1, 0.15) is 10.8 Å². The summed E-state index contributed by atoms with van der Waals surface area (Å²) in [6, 6.07) is 2.38. The smallest absolute Gasteiger partial charge is 0.155 e. The van der Waals surface area contributed by atoms with Crippen molar-refractivity contribution in [3.8, 4) is 6.07 Å². The van der Waals surface area contributed by atoms with Crippen LogP contribution in [-0.2, 0) is 9.47 Å². The van der Waals surface area contributed by atoms with Crippen molar-refractivity contribution in [1.29, 1.82) is 5.26 Å². The molecule has 0 amide bonds. The third-order valence-electron chi connectivity index (χ3n) is 4.37. The monoisotopic (exact) mass is 378 g/mol. The van der Waals surface area contributed by atoms with Crippen LogP contribution in [0.5, 0.6) is 0 Å². The summed E-state index contributed by atoms with van der Waals surface area (Å²) in [5.74, 6) is 0.625. The number of nitriles is 1. The van der Waals surface area contributed by atoms with Crippen LogP contribution in [0.3, 0.4) is 0 Å². The van der Waals surface area contributed by atoms with Crippen LogP contribution in [0, 0.1) is 11.3 Å². The first-order valence-corrected chi connectivity index (χ1v) is 10.3. The summed E-state index contributed by atoms with van der Waals surface area (Å²) in [5.41, 5.74) is 1.03. The average Bonchev–Trinajstić information content (AvgIpc) is 3.31. The van der Waals surface area contributed by atoms with Crippen LogP contribution in [0.25, 0.3) is 0 Å². The molecule has 1 aromatic rings. The van der Waals surface area contributed by atoms with Gasteiger partial charge in [0.15, 0.2) is 5.92 Å². The minimum absolute atomic E-state index is 0.324. The van der Waals surface area contributed by atoms with E-state index in [1.807, 2.05) is 5.38 Å². The van der Waals surface area contributed by atoms with Crippen molar-refractivity contribution in [3.63, 3.8) is 0 Å². The molecule has 26 heavy (non-hydrogen) atoms. The lowest BCUT2D eigenvalue weighted by atomic mass is 10.1. The van der Waals surface area contributed by atoms with Crippen LogP contribution in [-0.4, -0.2) is 50.3 Å². The minimum atomic E-state index is -0.445. The van der Waals surface area contributed by atoms with Crippen LogP contribution in [0.15, 0.2) is 10.4 Å². The van der Waals surface area contributed by atoms with E-state index in [0.29, 0.717) is 31.0 Å². The number of hydrogen-bond donors (Lipinski definition) is 1. The number of rotatable bonds is 10. The third-order valence-corrected chi connectivity index (χ3v) is 5.29. The fraction of sp³-hybridized carbons (Fsp3) is 0.737. The van der Waals surface area contributed by atoms with Gasteiger partial charge >= 0.3 is 0 Å². The Morgan fingerprint density at radius 1 is 1.58 bits per heavy atom. The number of amidine groups is 1. The standard InChI is InChI=1S/C19H30N4O2S/c1-14(2)17-13-26-19(23-17)16(12-20)18(21-8-5-10-24-3)22-9-7-15-6-4-11-25-15/h13-16H,4-11H2,1-3H3,(H,21,22). The van der Waals surface area contributed by atoms with Gasteiger partial charge in [-0.25, -0.2) is 4.98 Å². The number of aromatic nitrogens is 1. The van der Waals surface area contributed by atoms with Gasteiger partial charge in [0.25, 0.3) is 0 Å². The molecule has 0 aliphatic carbocycles. The Morgan fingerprint density at radius 2 is 2.42 bits per heavy atom. The Bertz CT molecular complexity index is 603. The normalized spacial score (nSPS) is 18.9. The Kier molecular flexibility index (Phi) is 9.02. The lowest BCUT2D eigenvalue weighted by Crippen LogP contribution is -2.32. The molecule has 0 radical (unpaired) electrons. The number of aliphatic imine (C=N–C) groups is 1. The highest BCUT2D eigenvalue weighted by Gasteiger charge is 2.23. The number of nitrogens with one attached hydrogen (secondary N) is 1. The maximum atomic E-state index is 9.76. The van der Waals surface area contributed by atoms with Gasteiger partial charge in [-0.3, -0.25) is 4.99 Å². The highest BCUT2D eigenvalue weighted by atomic mass is 32.1. The molecule has 0 saturated carbocycles. The topological polar surface area (TPSA) is 79.5 Å². The number of thiazole rings is 1. The fourth-order valence-electron chi connectivity index (χ4n) is 2.82. The van der Waals surface area contributed by atoms with E-state index in [-0.39, 0.29) is 0 Å². The molecule has 0 aromatic carbocycles. The second-order valence-electron chi connectivity index (χ2n) is 6.79. The van der Waals surface area contributed by atoms with Crippen LogP contribution in [0.2, 0.25) is 0 Å². The molecule has 2 heterocycles. The molecule has 1 N–H and O–H groups in total. The number of nitrogens with zero attached hydrogens (tertiary/aromatic N) is 3. The number of hydrogen-bond acceptors (Lipinski definition) is 6. The molecule has 1 aliphatic rings. The van der Waals surface area contributed by atoms with Crippen LogP contribution in [0.4, 0.5) is 0 Å². The highest BCUT2D eigenvalue weighted by molar-refractivity contribution is 7.10. The molecule has 2 rings (SSSR count). The molecule has 144 valence electrons. The Balaban J connectivity index is 2.04. The van der Waals surface area contributed by atoms with Gasteiger partial charge in [0.05, 0.1) is 17.9 Å². The van der Waals surface area contributed by atoms with Gasteiger partial charge in [0, 0.05) is 38.8 Å². The fourth-order valence-corrected chi connectivity index (χ4v) is 3.85. The summed E-state index contributed by atoms with van der Waals surface area (Å²) >= 11 is 1.54. The van der Waals surface area contributed by atoms with Gasteiger partial charge in [-0.2, -0.15) is 5.26 Å². The Morgan fingerprint density at radius 3 is 3.04 bits per heavy atom. The molecule has 2 atom stereocenters. The molecule has 0 bridgehead atoms. The lowest BCUT2D eigenvalue weighted by Gasteiger charge is -2.15. The molecule has 1 saturated heterocycles. The summed E-state index contributed by atoms with van der Waals surface area (Å²) < 4.78 is 10.8. The van der Waals surface area contributed by atoms with E-state index < -0.39 is 5.92 Å². The molecular formula is C19H30N4O2S. The van der Waals surface area contributed by atoms with Crippen molar-refractivity contribution in [3.05, 3.63) is 16.1 Å². The first kappa shape index (κ1) is 20.8. The van der Waals surface area contributed by atoms with Crippen molar-refractivity contribution in [1.82, 2.24) is 10.3 Å². The van der Waals surface area contributed by atoms with E-state index in [1.54, 1.807) is 7.11 Å². The molecule has 7 heteroatoms. The van der Waals surface area contributed by atoms with Gasteiger partial charge in [-0.05, 0) is 31.6 Å². The Labute approximate surface area is 160 Å². The maximum absolute atomic E-state index is 9.76. The summed E-state index contributed by atoms with van der Waals surface area (Å²) in [6.07, 6.45) is 4.35. The van der Waals surface area contributed by atoms with Crippen molar-refractivity contribution >= 4 is 17.2 Å². The van der Waals surface area contributed by atoms with E-state index in [1.165, 1.54) is 11.3 Å². The highest BCUT2D eigenvalue weighted by Crippen LogP contribution is 2.25. The molecule has 2 unspecified atom stereocenters. The zero-order valence-corrected chi connectivity index (χ0v) is 16.8. The Hall–Kier alpha value is -1.49. The quantitative estimate of drug-likeness (QED) is 0.383. The second kappa shape index (κ2) is 11.3. The summed E-state index contributed by atoms with van der Waals surface area (Å²) in [5, 5.41) is 16.0. The van der Waals surface area contributed by atoms with Gasteiger partial charge in [-0.15, -0.1) is 11.3 Å². The number of ether oxygens (including phenoxy) is 2. The van der Waals surface area contributed by atoms with Crippen LogP contribution in [0.1, 0.15) is 62.1 Å². The van der Waals surface area contributed by atoms with E-state index in [2.05, 4.69) is 35.2 Å². The third kappa shape index (κ3) is 6.35. The molecule has 1 aromatic heterocycles. The van der Waals surface area contributed by atoms with Crippen molar-refractivity contribution in [2.45, 2.75) is 57.5 Å².